The minimum Gasteiger partial charge on any atom is -0.488 e. The third-order valence-corrected chi connectivity index (χ3v) is 4.37. The van der Waals surface area contributed by atoms with E-state index in [4.69, 9.17) is 4.74 Å². The Morgan fingerprint density at radius 1 is 1.38 bits per heavy atom. The van der Waals surface area contributed by atoms with E-state index < -0.39 is 0 Å². The Balaban J connectivity index is 2.04. The average Bonchev–Trinajstić information content (AvgIpc) is 2.86. The monoisotopic (exact) mass is 305 g/mol. The molecule has 0 saturated heterocycles. The Kier molecular flexibility index (Phi) is 5.88. The van der Waals surface area contributed by atoms with Gasteiger partial charge < -0.3 is 9.64 Å². The van der Waals surface area contributed by atoms with Gasteiger partial charge in [-0.15, -0.1) is 4.37 Å². The van der Waals surface area contributed by atoms with Crippen LogP contribution in [0.15, 0.2) is 6.08 Å². The number of unbranched alkanes of at least 4 members (excludes halogenated alkanes) is 2. The van der Waals surface area contributed by atoms with Crippen molar-refractivity contribution in [2.75, 3.05) is 20.1 Å². The number of aromatic nitrogens is 2. The summed E-state index contributed by atoms with van der Waals surface area (Å²) in [6, 6.07) is 0. The quantitative estimate of drug-likeness (QED) is 0.559. The van der Waals surface area contributed by atoms with Gasteiger partial charge in [0.05, 0.1) is 11.7 Å². The van der Waals surface area contributed by atoms with E-state index in [-0.39, 0.29) is 5.40 Å². The van der Waals surface area contributed by atoms with Crippen molar-refractivity contribution in [3.05, 3.63) is 11.8 Å². The highest BCUT2D eigenvalue weighted by atomic mass is 32.1. The van der Waals surface area contributed by atoms with Crippen LogP contribution in [-0.4, -0.2) is 54.9 Å². The summed E-state index contributed by atoms with van der Waals surface area (Å²) in [5, 5.41) is -0.180. The lowest BCUT2D eigenvalue weighted by Gasteiger charge is -2.27. The molecule has 21 heavy (non-hydrogen) atoms. The molecule has 0 fully saturated rings. The van der Waals surface area contributed by atoms with Crippen LogP contribution in [0.5, 0.6) is 5.88 Å². The number of hydrogen-bond acceptors (Lipinski definition) is 5. The molecule has 7 heteroatoms. The molecule has 0 aromatic carbocycles. The predicted octanol–water partition coefficient (Wildman–Crippen LogP) is 1.14. The van der Waals surface area contributed by atoms with Crippen LogP contribution in [-0.2, 0) is 0 Å². The normalized spacial score (nSPS) is 16.8. The van der Waals surface area contributed by atoms with Gasteiger partial charge >= 0.3 is 0 Å². The van der Waals surface area contributed by atoms with Crippen molar-refractivity contribution < 1.29 is 4.74 Å². The van der Waals surface area contributed by atoms with E-state index in [0.717, 1.165) is 31.6 Å². The zero-order valence-corrected chi connectivity index (χ0v) is 14.5. The smallest absolute Gasteiger partial charge is 0.252 e. The molecule has 2 rings (SSSR count). The number of likely N-dealkylation sites (N-methyl/N-ethyl adjacent to an activating group) is 1. The van der Waals surface area contributed by atoms with Gasteiger partial charge in [0.25, 0.3) is 5.88 Å². The number of nitrogens with zero attached hydrogens (tertiary/aromatic N) is 3. The summed E-state index contributed by atoms with van der Waals surface area (Å²) in [5.74, 6) is 0.711. The highest BCUT2D eigenvalue weighted by molar-refractivity contribution is 6.99. The summed E-state index contributed by atoms with van der Waals surface area (Å²) in [7, 11) is 6.43. The molecule has 0 saturated carbocycles. The zero-order chi connectivity index (χ0) is 15.3. The van der Waals surface area contributed by atoms with Crippen LogP contribution in [0.25, 0.3) is 5.57 Å². The van der Waals surface area contributed by atoms with E-state index in [1.54, 1.807) is 0 Å². The first kappa shape index (κ1) is 16.6. The molecule has 0 bridgehead atoms. The summed E-state index contributed by atoms with van der Waals surface area (Å²) in [6.45, 7) is 4.26. The maximum absolute atomic E-state index is 6.19. The van der Waals surface area contributed by atoms with Crippen molar-refractivity contribution in [3.8, 4) is 5.88 Å². The van der Waals surface area contributed by atoms with Crippen molar-refractivity contribution in [3.63, 3.8) is 0 Å². The zero-order valence-electron chi connectivity index (χ0n) is 13.7. The maximum atomic E-state index is 6.19. The predicted molar refractivity (Wildman–Crippen MR) is 94.6 cm³/mol. The molecule has 4 nitrogen and oxygen atoms in total. The third kappa shape index (κ3) is 4.85. The maximum Gasteiger partial charge on any atom is 0.252 e. The van der Waals surface area contributed by atoms with Gasteiger partial charge in [0.15, 0.2) is 0 Å². The Bertz CT molecular complexity index is 490. The standard InChI is InChI=1S/C14H25B2N3OS/c1-3-4-5-8-14(15,16)20-13-12(17-21-18-13)11-7-6-9-19(2)10-11/h7H,3-6,8-10,15-16H2,1-2H3. The van der Waals surface area contributed by atoms with Gasteiger partial charge in [0, 0.05) is 18.5 Å². The van der Waals surface area contributed by atoms with Crippen molar-refractivity contribution >= 4 is 33.0 Å². The molecule has 1 aromatic heterocycles. The minimum atomic E-state index is -0.180. The first-order valence-electron chi connectivity index (χ1n) is 7.91. The lowest BCUT2D eigenvalue weighted by Crippen LogP contribution is -2.37. The van der Waals surface area contributed by atoms with Gasteiger partial charge in [0.2, 0.25) is 0 Å². The molecule has 0 unspecified atom stereocenters. The summed E-state index contributed by atoms with van der Waals surface area (Å²) < 4.78 is 15.0. The molecule has 0 radical (unpaired) electrons. The van der Waals surface area contributed by atoms with Crippen molar-refractivity contribution in [2.24, 2.45) is 0 Å². The Morgan fingerprint density at radius 3 is 2.90 bits per heavy atom. The lowest BCUT2D eigenvalue weighted by molar-refractivity contribution is 0.216. The molecule has 0 aliphatic carbocycles. The van der Waals surface area contributed by atoms with Crippen LogP contribution in [0, 0.1) is 0 Å². The largest absolute Gasteiger partial charge is 0.488 e. The second-order valence-corrected chi connectivity index (χ2v) is 7.02. The fourth-order valence-electron chi connectivity index (χ4n) is 2.62. The van der Waals surface area contributed by atoms with E-state index in [1.165, 1.54) is 36.6 Å². The molecule has 114 valence electrons. The molecule has 2 heterocycles. The number of ether oxygens (including phenoxy) is 1. The van der Waals surface area contributed by atoms with Crippen LogP contribution in [0.3, 0.4) is 0 Å². The summed E-state index contributed by atoms with van der Waals surface area (Å²) in [4.78, 5) is 2.31. The van der Waals surface area contributed by atoms with E-state index in [1.807, 2.05) is 0 Å². The molecule has 0 amide bonds. The molecular weight excluding hydrogens is 280 g/mol. The molecular formula is C14H25B2N3OS. The van der Waals surface area contributed by atoms with Crippen LogP contribution < -0.4 is 4.74 Å². The van der Waals surface area contributed by atoms with Crippen molar-refractivity contribution in [2.45, 2.75) is 44.4 Å². The van der Waals surface area contributed by atoms with Crippen LogP contribution in [0.2, 0.25) is 0 Å². The summed E-state index contributed by atoms with van der Waals surface area (Å²) in [6.07, 6.45) is 8.08. The Hall–Kier alpha value is -0.810. The minimum absolute atomic E-state index is 0.180. The van der Waals surface area contributed by atoms with Gasteiger partial charge in [-0.1, -0.05) is 32.3 Å². The van der Waals surface area contributed by atoms with Crippen LogP contribution in [0.1, 0.15) is 44.7 Å². The Labute approximate surface area is 134 Å². The van der Waals surface area contributed by atoms with Crippen LogP contribution >= 0.6 is 11.7 Å². The molecule has 0 spiro atoms. The Morgan fingerprint density at radius 2 is 2.19 bits per heavy atom. The van der Waals surface area contributed by atoms with E-state index >= 15 is 0 Å². The van der Waals surface area contributed by atoms with Gasteiger partial charge in [-0.25, -0.2) is 0 Å². The highest BCUT2D eigenvalue weighted by Crippen LogP contribution is 2.29. The summed E-state index contributed by atoms with van der Waals surface area (Å²) in [5.41, 5.74) is 2.19. The topological polar surface area (TPSA) is 38.3 Å². The first-order valence-corrected chi connectivity index (χ1v) is 8.64. The second-order valence-electron chi connectivity index (χ2n) is 6.49. The summed E-state index contributed by atoms with van der Waals surface area (Å²) >= 11 is 1.25. The highest BCUT2D eigenvalue weighted by Gasteiger charge is 2.25. The van der Waals surface area contributed by atoms with Crippen molar-refractivity contribution in [1.82, 2.24) is 13.6 Å². The average molecular weight is 305 g/mol. The molecule has 0 N–H and O–H groups in total. The fraction of sp³-hybridized carbons (Fsp3) is 0.714. The van der Waals surface area contributed by atoms with Gasteiger partial charge in [-0.3, -0.25) is 0 Å². The van der Waals surface area contributed by atoms with Gasteiger partial charge in [0.1, 0.15) is 21.4 Å². The molecule has 1 aliphatic rings. The van der Waals surface area contributed by atoms with Gasteiger partial charge in [-0.05, 0) is 25.5 Å². The SMILES string of the molecule is BC(B)(CCCCC)Oc1nsnc1C1=CCCN(C)C1. The van der Waals surface area contributed by atoms with E-state index in [0.29, 0.717) is 5.88 Å². The van der Waals surface area contributed by atoms with Gasteiger partial charge in [-0.2, -0.15) is 4.37 Å². The lowest BCUT2D eigenvalue weighted by atomic mass is 9.62. The molecule has 0 atom stereocenters. The van der Waals surface area contributed by atoms with Crippen LogP contribution in [0.4, 0.5) is 0 Å². The first-order chi connectivity index (χ1) is 10.0. The second kappa shape index (κ2) is 7.45. The fourth-order valence-corrected chi connectivity index (χ4v) is 3.14. The molecule has 1 aliphatic heterocycles. The third-order valence-electron chi connectivity index (χ3n) is 3.86. The number of hydrogen-bond donors (Lipinski definition) is 0. The van der Waals surface area contributed by atoms with Crippen molar-refractivity contribution in [1.29, 1.82) is 0 Å². The van der Waals surface area contributed by atoms with E-state index in [9.17, 15) is 0 Å². The molecule has 1 aromatic rings. The van der Waals surface area contributed by atoms with E-state index in [2.05, 4.69) is 49.4 Å². The number of rotatable bonds is 7.